The molecule has 0 aliphatic carbocycles. The monoisotopic (exact) mass is 288 g/mol. The highest BCUT2D eigenvalue weighted by molar-refractivity contribution is 7.89. The third kappa shape index (κ3) is 4.99. The molecule has 1 aromatic heterocycles. The predicted octanol–water partition coefficient (Wildman–Crippen LogP) is 0.0888. The molecule has 8 heteroatoms. The van der Waals surface area contributed by atoms with E-state index in [9.17, 15) is 13.2 Å². The average molecular weight is 288 g/mol. The SMILES string of the molecule is CC(C)(C)n1ccnc(NCCCS(N)(=O)=O)c1=O. The van der Waals surface area contributed by atoms with Gasteiger partial charge >= 0.3 is 0 Å². The van der Waals surface area contributed by atoms with Crippen LogP contribution in [0.25, 0.3) is 0 Å². The summed E-state index contributed by atoms with van der Waals surface area (Å²) < 4.78 is 23.1. The van der Waals surface area contributed by atoms with Gasteiger partial charge in [-0.05, 0) is 27.2 Å². The van der Waals surface area contributed by atoms with Gasteiger partial charge in [0.05, 0.1) is 5.75 Å². The summed E-state index contributed by atoms with van der Waals surface area (Å²) >= 11 is 0. The van der Waals surface area contributed by atoms with E-state index < -0.39 is 10.0 Å². The highest BCUT2D eigenvalue weighted by Crippen LogP contribution is 2.10. The van der Waals surface area contributed by atoms with Crippen molar-refractivity contribution in [3.63, 3.8) is 0 Å². The molecule has 0 saturated heterocycles. The second kappa shape index (κ2) is 5.70. The van der Waals surface area contributed by atoms with E-state index in [0.717, 1.165) is 0 Å². The molecule has 0 saturated carbocycles. The van der Waals surface area contributed by atoms with E-state index >= 15 is 0 Å². The molecule has 1 aromatic rings. The quantitative estimate of drug-likeness (QED) is 0.747. The van der Waals surface area contributed by atoms with Crippen LogP contribution in [-0.2, 0) is 15.6 Å². The number of rotatable bonds is 5. The third-order valence-corrected chi connectivity index (χ3v) is 3.32. The van der Waals surface area contributed by atoms with Crippen molar-refractivity contribution >= 4 is 15.8 Å². The Morgan fingerprint density at radius 1 is 1.42 bits per heavy atom. The van der Waals surface area contributed by atoms with Gasteiger partial charge in [0.25, 0.3) is 5.56 Å². The lowest BCUT2D eigenvalue weighted by Gasteiger charge is -2.22. The second-order valence-electron chi connectivity index (χ2n) is 5.27. The van der Waals surface area contributed by atoms with E-state index in [0.29, 0.717) is 13.0 Å². The summed E-state index contributed by atoms with van der Waals surface area (Å²) in [5.74, 6) is 0.0900. The summed E-state index contributed by atoms with van der Waals surface area (Å²) in [4.78, 5) is 16.1. The van der Waals surface area contributed by atoms with Crippen LogP contribution in [-0.4, -0.2) is 30.3 Å². The predicted molar refractivity (Wildman–Crippen MR) is 74.6 cm³/mol. The number of sulfonamides is 1. The zero-order valence-corrected chi connectivity index (χ0v) is 12.2. The first kappa shape index (κ1) is 15.6. The van der Waals surface area contributed by atoms with Crippen LogP contribution in [0.4, 0.5) is 5.82 Å². The maximum Gasteiger partial charge on any atom is 0.293 e. The van der Waals surface area contributed by atoms with Crippen LogP contribution in [0.1, 0.15) is 27.2 Å². The van der Waals surface area contributed by atoms with E-state index in [-0.39, 0.29) is 22.7 Å². The molecule has 0 spiro atoms. The Morgan fingerprint density at radius 2 is 2.05 bits per heavy atom. The highest BCUT2D eigenvalue weighted by Gasteiger charge is 2.16. The number of nitrogens with one attached hydrogen (secondary N) is 1. The molecule has 0 aliphatic rings. The van der Waals surface area contributed by atoms with Gasteiger partial charge in [0.15, 0.2) is 5.82 Å². The van der Waals surface area contributed by atoms with Crippen molar-refractivity contribution in [1.82, 2.24) is 9.55 Å². The maximum atomic E-state index is 12.1. The molecule has 108 valence electrons. The minimum absolute atomic E-state index is 0.125. The van der Waals surface area contributed by atoms with Crippen molar-refractivity contribution in [1.29, 1.82) is 0 Å². The number of hydrogen-bond acceptors (Lipinski definition) is 5. The topological polar surface area (TPSA) is 107 Å². The molecule has 0 unspecified atom stereocenters. The fourth-order valence-corrected chi connectivity index (χ4v) is 2.09. The molecular formula is C11H20N4O3S. The summed E-state index contributed by atoms with van der Waals surface area (Å²) in [6.07, 6.45) is 3.48. The van der Waals surface area contributed by atoms with Gasteiger partial charge in [-0.1, -0.05) is 0 Å². The molecule has 7 nitrogen and oxygen atoms in total. The zero-order chi connectivity index (χ0) is 14.7. The minimum atomic E-state index is -3.46. The van der Waals surface area contributed by atoms with Crippen LogP contribution < -0.4 is 16.0 Å². The number of nitrogens with two attached hydrogens (primary N) is 1. The van der Waals surface area contributed by atoms with Crippen molar-refractivity contribution in [3.05, 3.63) is 22.7 Å². The molecule has 0 bridgehead atoms. The van der Waals surface area contributed by atoms with Crippen molar-refractivity contribution in [2.75, 3.05) is 17.6 Å². The zero-order valence-electron chi connectivity index (χ0n) is 11.4. The number of aromatic nitrogens is 2. The molecule has 0 fully saturated rings. The Labute approximate surface area is 112 Å². The molecule has 3 N–H and O–H groups in total. The summed E-state index contributed by atoms with van der Waals surface area (Å²) in [6.45, 7) is 6.07. The highest BCUT2D eigenvalue weighted by atomic mass is 32.2. The Kier molecular flexibility index (Phi) is 4.70. The van der Waals surface area contributed by atoms with Gasteiger partial charge < -0.3 is 9.88 Å². The average Bonchev–Trinajstić information content (AvgIpc) is 2.23. The molecule has 0 amide bonds. The van der Waals surface area contributed by atoms with Gasteiger partial charge in [0.2, 0.25) is 10.0 Å². The van der Waals surface area contributed by atoms with Crippen LogP contribution in [0.15, 0.2) is 17.2 Å². The molecule has 0 radical (unpaired) electrons. The number of anilines is 1. The largest absolute Gasteiger partial charge is 0.365 e. The lowest BCUT2D eigenvalue weighted by atomic mass is 10.1. The van der Waals surface area contributed by atoms with Gasteiger partial charge in [-0.2, -0.15) is 0 Å². The normalized spacial score (nSPS) is 12.4. The maximum absolute atomic E-state index is 12.1. The Bertz CT molecular complexity index is 587. The molecule has 0 aliphatic heterocycles. The minimum Gasteiger partial charge on any atom is -0.365 e. The summed E-state index contributed by atoms with van der Waals surface area (Å²) in [6, 6.07) is 0. The van der Waals surface area contributed by atoms with Gasteiger partial charge in [-0.3, -0.25) is 4.79 Å². The van der Waals surface area contributed by atoms with Crippen molar-refractivity contribution in [2.45, 2.75) is 32.7 Å². The van der Waals surface area contributed by atoms with Gasteiger partial charge in [-0.15, -0.1) is 0 Å². The molecule has 19 heavy (non-hydrogen) atoms. The Morgan fingerprint density at radius 3 is 2.58 bits per heavy atom. The van der Waals surface area contributed by atoms with Crippen molar-refractivity contribution in [2.24, 2.45) is 5.14 Å². The third-order valence-electron chi connectivity index (χ3n) is 2.46. The molecular weight excluding hydrogens is 268 g/mol. The first-order valence-corrected chi connectivity index (χ1v) is 7.65. The fourth-order valence-electron chi connectivity index (χ4n) is 1.54. The van der Waals surface area contributed by atoms with Gasteiger partial charge in [0, 0.05) is 24.5 Å². The van der Waals surface area contributed by atoms with E-state index in [2.05, 4.69) is 10.3 Å². The first-order valence-electron chi connectivity index (χ1n) is 5.94. The molecule has 1 rings (SSSR count). The summed E-state index contributed by atoms with van der Waals surface area (Å²) in [5.41, 5.74) is -0.567. The lowest BCUT2D eigenvalue weighted by molar-refractivity contribution is 0.383. The van der Waals surface area contributed by atoms with Crippen LogP contribution in [0, 0.1) is 0 Å². The van der Waals surface area contributed by atoms with E-state index in [1.165, 1.54) is 6.20 Å². The van der Waals surface area contributed by atoms with Crippen LogP contribution in [0.2, 0.25) is 0 Å². The van der Waals surface area contributed by atoms with Crippen LogP contribution in [0.3, 0.4) is 0 Å². The fraction of sp³-hybridized carbons (Fsp3) is 0.636. The smallest absolute Gasteiger partial charge is 0.293 e. The summed E-state index contributed by atoms with van der Waals surface area (Å²) in [5, 5.41) is 7.72. The van der Waals surface area contributed by atoms with Gasteiger partial charge in [0.1, 0.15) is 0 Å². The molecule has 0 atom stereocenters. The lowest BCUT2D eigenvalue weighted by Crippen LogP contribution is -2.35. The number of primary sulfonamides is 1. The Balaban J connectivity index is 2.73. The molecule has 1 heterocycles. The van der Waals surface area contributed by atoms with E-state index in [1.54, 1.807) is 10.8 Å². The molecule has 0 aromatic carbocycles. The van der Waals surface area contributed by atoms with Gasteiger partial charge in [-0.25, -0.2) is 18.5 Å². The number of nitrogens with zero attached hydrogens (tertiary/aromatic N) is 2. The van der Waals surface area contributed by atoms with Crippen molar-refractivity contribution < 1.29 is 8.42 Å². The van der Waals surface area contributed by atoms with E-state index in [1.807, 2.05) is 20.8 Å². The first-order chi connectivity index (χ1) is 8.61. The second-order valence-corrected chi connectivity index (χ2v) is 7.00. The van der Waals surface area contributed by atoms with Crippen LogP contribution in [0.5, 0.6) is 0 Å². The van der Waals surface area contributed by atoms with Crippen molar-refractivity contribution in [3.8, 4) is 0 Å². The Hall–Kier alpha value is -1.41. The van der Waals surface area contributed by atoms with Crippen LogP contribution >= 0.6 is 0 Å². The number of hydrogen-bond donors (Lipinski definition) is 2. The summed E-state index contributed by atoms with van der Waals surface area (Å²) in [7, 11) is -3.46. The van der Waals surface area contributed by atoms with E-state index in [4.69, 9.17) is 5.14 Å². The standard InChI is InChI=1S/C11H20N4O3S/c1-11(2,3)15-7-6-14-9(10(15)16)13-5-4-8-19(12,17)18/h6-7H,4-5,8H2,1-3H3,(H,13,14)(H2,12,17,18).